The Morgan fingerprint density at radius 1 is 0.958 bits per heavy atom. The van der Waals surface area contributed by atoms with Gasteiger partial charge < -0.3 is 0 Å². The van der Waals surface area contributed by atoms with Crippen LogP contribution < -0.4 is 0 Å². The van der Waals surface area contributed by atoms with Crippen molar-refractivity contribution >= 4 is 33.2 Å². The predicted octanol–water partition coefficient (Wildman–Crippen LogP) is 5.79. The van der Waals surface area contributed by atoms with Gasteiger partial charge in [0, 0.05) is 26.3 Å². The van der Waals surface area contributed by atoms with Crippen molar-refractivity contribution in [3.8, 4) is 22.4 Å². The molecule has 0 aliphatic carbocycles. The molecule has 3 nitrogen and oxygen atoms in total. The molecule has 2 aromatic carbocycles. The molecular formula is C19H13BrClN3. The van der Waals surface area contributed by atoms with Crippen LogP contribution in [0.25, 0.3) is 28.0 Å². The Kier molecular flexibility index (Phi) is 3.87. The minimum absolute atomic E-state index is 0.718. The summed E-state index contributed by atoms with van der Waals surface area (Å²) in [6.45, 7) is 2.00. The third-order valence-electron chi connectivity index (χ3n) is 3.90. The summed E-state index contributed by atoms with van der Waals surface area (Å²) in [5.74, 6) is 0. The number of benzene rings is 2. The first kappa shape index (κ1) is 15.4. The van der Waals surface area contributed by atoms with E-state index in [1.165, 1.54) is 0 Å². The Labute approximate surface area is 153 Å². The molecule has 0 bridgehead atoms. The van der Waals surface area contributed by atoms with Crippen LogP contribution in [0.1, 0.15) is 5.69 Å². The van der Waals surface area contributed by atoms with Crippen LogP contribution in [-0.2, 0) is 0 Å². The van der Waals surface area contributed by atoms with Gasteiger partial charge in [0.2, 0.25) is 0 Å². The monoisotopic (exact) mass is 397 g/mol. The predicted molar refractivity (Wildman–Crippen MR) is 101 cm³/mol. The largest absolute Gasteiger partial charge is 0.233 e. The molecule has 0 N–H and O–H groups in total. The molecule has 5 heteroatoms. The van der Waals surface area contributed by atoms with Crippen molar-refractivity contribution < 1.29 is 0 Å². The number of aromatic nitrogens is 3. The summed E-state index contributed by atoms with van der Waals surface area (Å²) in [6, 6.07) is 18.0. The Morgan fingerprint density at radius 3 is 2.33 bits per heavy atom. The minimum atomic E-state index is 0.718. The molecule has 2 aromatic heterocycles. The van der Waals surface area contributed by atoms with Gasteiger partial charge in [-0.15, -0.1) is 0 Å². The number of hydrogen-bond acceptors (Lipinski definition) is 2. The summed E-state index contributed by atoms with van der Waals surface area (Å²) in [6.07, 6.45) is 1.85. The van der Waals surface area contributed by atoms with E-state index in [0.29, 0.717) is 0 Å². The molecule has 118 valence electrons. The van der Waals surface area contributed by atoms with Crippen LogP contribution in [0.2, 0.25) is 5.02 Å². The lowest BCUT2D eigenvalue weighted by Crippen LogP contribution is -1.98. The topological polar surface area (TPSA) is 30.2 Å². The van der Waals surface area contributed by atoms with Crippen LogP contribution >= 0.6 is 27.5 Å². The first-order valence-electron chi connectivity index (χ1n) is 7.49. The van der Waals surface area contributed by atoms with E-state index < -0.39 is 0 Å². The Balaban J connectivity index is 1.94. The van der Waals surface area contributed by atoms with Crippen molar-refractivity contribution in [2.75, 3.05) is 0 Å². The highest BCUT2D eigenvalue weighted by molar-refractivity contribution is 9.10. The molecule has 0 aliphatic heterocycles. The Hall–Kier alpha value is -2.17. The number of rotatable bonds is 2. The SMILES string of the molecule is Cc1cc(-c2ccc(Br)cc2)n2ncc(-c3ccc(Cl)cc3)c2n1. The minimum Gasteiger partial charge on any atom is -0.233 e. The quantitative estimate of drug-likeness (QED) is 0.428. The smallest absolute Gasteiger partial charge is 0.163 e. The van der Waals surface area contributed by atoms with Crippen LogP contribution in [-0.4, -0.2) is 14.6 Å². The zero-order valence-corrected chi connectivity index (χ0v) is 15.2. The molecule has 0 amide bonds. The van der Waals surface area contributed by atoms with Gasteiger partial charge in [0.05, 0.1) is 11.9 Å². The zero-order chi connectivity index (χ0) is 16.7. The van der Waals surface area contributed by atoms with Gasteiger partial charge in [-0.2, -0.15) is 5.10 Å². The molecule has 4 rings (SSSR count). The van der Waals surface area contributed by atoms with E-state index in [1.54, 1.807) is 0 Å². The molecule has 0 unspecified atom stereocenters. The number of fused-ring (bicyclic) bond motifs is 1. The normalized spacial score (nSPS) is 11.1. The summed E-state index contributed by atoms with van der Waals surface area (Å²) >= 11 is 9.47. The van der Waals surface area contributed by atoms with Gasteiger partial charge in [-0.3, -0.25) is 0 Å². The summed E-state index contributed by atoms with van der Waals surface area (Å²) in [7, 11) is 0. The highest BCUT2D eigenvalue weighted by Gasteiger charge is 2.13. The van der Waals surface area contributed by atoms with Crippen LogP contribution in [0.15, 0.2) is 65.3 Å². The number of hydrogen-bond donors (Lipinski definition) is 0. The molecule has 0 radical (unpaired) electrons. The first-order chi connectivity index (χ1) is 11.6. The van der Waals surface area contributed by atoms with Gasteiger partial charge in [-0.1, -0.05) is 51.8 Å². The molecule has 0 saturated carbocycles. The Bertz CT molecular complexity index is 1020. The fourth-order valence-electron chi connectivity index (χ4n) is 2.74. The van der Waals surface area contributed by atoms with E-state index in [9.17, 15) is 0 Å². The van der Waals surface area contributed by atoms with Gasteiger partial charge >= 0.3 is 0 Å². The van der Waals surface area contributed by atoms with E-state index in [2.05, 4.69) is 39.2 Å². The van der Waals surface area contributed by atoms with Crippen molar-refractivity contribution in [1.29, 1.82) is 0 Å². The lowest BCUT2D eigenvalue weighted by atomic mass is 10.1. The van der Waals surface area contributed by atoms with Crippen LogP contribution in [0.3, 0.4) is 0 Å². The molecule has 0 fully saturated rings. The fourth-order valence-corrected chi connectivity index (χ4v) is 3.13. The highest BCUT2D eigenvalue weighted by atomic mass is 79.9. The van der Waals surface area contributed by atoms with Gasteiger partial charge in [-0.05, 0) is 42.8 Å². The van der Waals surface area contributed by atoms with Gasteiger partial charge in [-0.25, -0.2) is 9.50 Å². The molecule has 0 aliphatic rings. The second-order valence-corrected chi connectivity index (χ2v) is 6.94. The molecule has 0 atom stereocenters. The van der Waals surface area contributed by atoms with E-state index in [-0.39, 0.29) is 0 Å². The van der Waals surface area contributed by atoms with Crippen LogP contribution in [0.5, 0.6) is 0 Å². The highest BCUT2D eigenvalue weighted by Crippen LogP contribution is 2.29. The van der Waals surface area contributed by atoms with Gasteiger partial charge in [0.1, 0.15) is 0 Å². The lowest BCUT2D eigenvalue weighted by Gasteiger charge is -2.07. The number of aryl methyl sites for hydroxylation is 1. The van der Waals surface area contributed by atoms with Crippen molar-refractivity contribution in [2.24, 2.45) is 0 Å². The average Bonchev–Trinajstić information content (AvgIpc) is 2.99. The third kappa shape index (κ3) is 2.72. The number of halogens is 2. The maximum atomic E-state index is 5.99. The average molecular weight is 399 g/mol. The van der Waals surface area contributed by atoms with Crippen LogP contribution in [0, 0.1) is 6.92 Å². The molecule has 0 spiro atoms. The molecule has 0 saturated heterocycles. The summed E-state index contributed by atoms with van der Waals surface area (Å²) in [4.78, 5) is 4.70. The number of nitrogens with zero attached hydrogens (tertiary/aromatic N) is 3. The maximum Gasteiger partial charge on any atom is 0.163 e. The zero-order valence-electron chi connectivity index (χ0n) is 12.9. The summed E-state index contributed by atoms with van der Waals surface area (Å²) in [5, 5.41) is 5.28. The second-order valence-electron chi connectivity index (χ2n) is 5.59. The fraction of sp³-hybridized carbons (Fsp3) is 0.0526. The van der Waals surface area contributed by atoms with Crippen molar-refractivity contribution in [2.45, 2.75) is 6.92 Å². The molecule has 24 heavy (non-hydrogen) atoms. The van der Waals surface area contributed by atoms with E-state index in [0.717, 1.165) is 43.2 Å². The van der Waals surface area contributed by atoms with Crippen LogP contribution in [0.4, 0.5) is 0 Å². The van der Waals surface area contributed by atoms with Crippen molar-refractivity contribution in [3.63, 3.8) is 0 Å². The standard InChI is InChI=1S/C19H13BrClN3/c1-12-10-18(14-2-6-15(20)7-3-14)24-19(23-12)17(11-22-24)13-4-8-16(21)9-5-13/h2-11H,1H3. The molecule has 2 heterocycles. The van der Waals surface area contributed by atoms with Gasteiger partial charge in [0.15, 0.2) is 5.65 Å². The van der Waals surface area contributed by atoms with E-state index >= 15 is 0 Å². The molecule has 4 aromatic rings. The molecular weight excluding hydrogens is 386 g/mol. The van der Waals surface area contributed by atoms with Crippen molar-refractivity contribution in [1.82, 2.24) is 14.6 Å². The van der Waals surface area contributed by atoms with Crippen molar-refractivity contribution in [3.05, 3.63) is 76.0 Å². The second kappa shape index (κ2) is 6.04. The maximum absolute atomic E-state index is 5.99. The third-order valence-corrected chi connectivity index (χ3v) is 4.68. The summed E-state index contributed by atoms with van der Waals surface area (Å²) < 4.78 is 2.94. The van der Waals surface area contributed by atoms with Gasteiger partial charge in [0.25, 0.3) is 0 Å². The van der Waals surface area contributed by atoms with E-state index in [1.807, 2.05) is 54.0 Å². The first-order valence-corrected chi connectivity index (χ1v) is 8.66. The lowest BCUT2D eigenvalue weighted by molar-refractivity contribution is 0.938. The van der Waals surface area contributed by atoms with E-state index in [4.69, 9.17) is 16.6 Å². The Morgan fingerprint density at radius 2 is 1.62 bits per heavy atom. The summed E-state index contributed by atoms with van der Waals surface area (Å²) in [5.41, 5.74) is 5.96.